The van der Waals surface area contributed by atoms with Crippen LogP contribution < -0.4 is 17.2 Å². The first-order chi connectivity index (χ1) is 7.57. The highest BCUT2D eigenvalue weighted by Crippen LogP contribution is 1.99. The Balaban J connectivity index is 0. The van der Waals surface area contributed by atoms with E-state index in [1.54, 1.807) is 0 Å². The lowest BCUT2D eigenvalue weighted by Crippen LogP contribution is -2.32. The molecule has 102 valence electrons. The molecule has 0 spiro atoms. The number of ether oxygens (including phenoxy) is 1. The maximum atomic E-state index is 11.3. The number of hydrogen-bond donors (Lipinski definition) is 3. The Morgan fingerprint density at radius 2 is 2.00 bits per heavy atom. The first kappa shape index (κ1) is 18.4. The summed E-state index contributed by atoms with van der Waals surface area (Å²) in [6, 6.07) is -0.578. The number of unbranched alkanes of at least 4 members (excludes halogenated alkanes) is 1. The molecule has 0 unspecified atom stereocenters. The van der Waals surface area contributed by atoms with E-state index in [1.807, 2.05) is 6.92 Å². The first-order valence-electron chi connectivity index (χ1n) is 5.55. The fraction of sp³-hybridized carbons (Fsp3) is 0.800. The third-order valence-electron chi connectivity index (χ3n) is 2.01. The first-order valence-corrected chi connectivity index (χ1v) is 5.55. The summed E-state index contributed by atoms with van der Waals surface area (Å²) in [6.07, 6.45) is 3.06. The van der Waals surface area contributed by atoms with E-state index in [0.29, 0.717) is 26.0 Å². The standard InChI is InChI=1S/C10H22N4O2.ClH/c1-2-3-7-16-9(15)8(11)5-4-6-14-10(12)13;/h8H,2-7,11H2,1H3,(H4,12,13,14);1H/t8-;/m0./s1. The number of esters is 1. The average molecular weight is 267 g/mol. The molecule has 0 heterocycles. The van der Waals surface area contributed by atoms with Crippen molar-refractivity contribution in [2.24, 2.45) is 22.2 Å². The third kappa shape index (κ3) is 11.3. The second-order valence-electron chi connectivity index (χ2n) is 3.58. The number of guanidine groups is 1. The van der Waals surface area contributed by atoms with Gasteiger partial charge in [0.25, 0.3) is 0 Å². The summed E-state index contributed by atoms with van der Waals surface area (Å²) >= 11 is 0. The van der Waals surface area contributed by atoms with Gasteiger partial charge in [0.05, 0.1) is 6.61 Å². The van der Waals surface area contributed by atoms with Crippen LogP contribution in [0.1, 0.15) is 32.6 Å². The van der Waals surface area contributed by atoms with Gasteiger partial charge in [-0.1, -0.05) is 13.3 Å². The highest BCUT2D eigenvalue weighted by Gasteiger charge is 2.13. The number of halogens is 1. The van der Waals surface area contributed by atoms with Gasteiger partial charge in [-0.3, -0.25) is 9.79 Å². The average Bonchev–Trinajstić information content (AvgIpc) is 2.24. The Hall–Kier alpha value is -1.01. The fourth-order valence-corrected chi connectivity index (χ4v) is 1.06. The maximum Gasteiger partial charge on any atom is 0.322 e. The zero-order valence-electron chi connectivity index (χ0n) is 10.2. The van der Waals surface area contributed by atoms with Gasteiger partial charge in [-0.05, 0) is 19.3 Å². The van der Waals surface area contributed by atoms with Gasteiger partial charge in [-0.15, -0.1) is 12.4 Å². The molecule has 6 N–H and O–H groups in total. The Kier molecular flexibility index (Phi) is 12.4. The molecule has 0 aromatic carbocycles. The Morgan fingerprint density at radius 3 is 2.53 bits per heavy atom. The third-order valence-corrected chi connectivity index (χ3v) is 2.01. The molecule has 7 heteroatoms. The van der Waals surface area contributed by atoms with Crippen molar-refractivity contribution in [3.05, 3.63) is 0 Å². The van der Waals surface area contributed by atoms with E-state index < -0.39 is 6.04 Å². The van der Waals surface area contributed by atoms with Crippen LogP contribution in [0.15, 0.2) is 4.99 Å². The van der Waals surface area contributed by atoms with Gasteiger partial charge in [-0.25, -0.2) is 0 Å². The van der Waals surface area contributed by atoms with Crippen molar-refractivity contribution in [2.45, 2.75) is 38.6 Å². The van der Waals surface area contributed by atoms with Gasteiger partial charge in [-0.2, -0.15) is 0 Å². The summed E-state index contributed by atoms with van der Waals surface area (Å²) in [4.78, 5) is 15.1. The number of rotatable bonds is 8. The van der Waals surface area contributed by atoms with Gasteiger partial charge in [0.1, 0.15) is 6.04 Å². The van der Waals surface area contributed by atoms with E-state index in [9.17, 15) is 4.79 Å². The molecule has 0 aromatic rings. The fourth-order valence-electron chi connectivity index (χ4n) is 1.06. The summed E-state index contributed by atoms with van der Waals surface area (Å²) in [5.74, 6) is -0.294. The van der Waals surface area contributed by atoms with Crippen LogP contribution in [0.4, 0.5) is 0 Å². The monoisotopic (exact) mass is 266 g/mol. The molecule has 17 heavy (non-hydrogen) atoms. The zero-order valence-corrected chi connectivity index (χ0v) is 11.0. The van der Waals surface area contributed by atoms with Gasteiger partial charge < -0.3 is 21.9 Å². The minimum absolute atomic E-state index is 0. The van der Waals surface area contributed by atoms with Crippen LogP contribution in [-0.4, -0.2) is 31.1 Å². The lowest BCUT2D eigenvalue weighted by molar-refractivity contribution is -0.145. The van der Waals surface area contributed by atoms with Crippen molar-refractivity contribution >= 4 is 24.3 Å². The van der Waals surface area contributed by atoms with Gasteiger partial charge >= 0.3 is 5.97 Å². The van der Waals surface area contributed by atoms with E-state index in [-0.39, 0.29) is 24.3 Å². The minimum Gasteiger partial charge on any atom is -0.465 e. The van der Waals surface area contributed by atoms with Crippen LogP contribution >= 0.6 is 12.4 Å². The number of nitrogens with two attached hydrogens (primary N) is 3. The second-order valence-corrected chi connectivity index (χ2v) is 3.58. The molecule has 0 rings (SSSR count). The highest BCUT2D eigenvalue weighted by molar-refractivity contribution is 5.85. The van der Waals surface area contributed by atoms with Crippen molar-refractivity contribution in [1.29, 1.82) is 0 Å². The summed E-state index contributed by atoms with van der Waals surface area (Å²) in [5.41, 5.74) is 15.9. The predicted molar refractivity (Wildman–Crippen MR) is 71.0 cm³/mol. The van der Waals surface area contributed by atoms with Crippen LogP contribution in [-0.2, 0) is 9.53 Å². The normalized spacial score (nSPS) is 11.2. The largest absolute Gasteiger partial charge is 0.465 e. The number of carbonyl (C=O) groups excluding carboxylic acids is 1. The quantitative estimate of drug-likeness (QED) is 0.250. The van der Waals surface area contributed by atoms with Crippen LogP contribution in [0, 0.1) is 0 Å². The smallest absolute Gasteiger partial charge is 0.322 e. The molecule has 0 aliphatic heterocycles. The van der Waals surface area contributed by atoms with Crippen molar-refractivity contribution < 1.29 is 9.53 Å². The van der Waals surface area contributed by atoms with Crippen LogP contribution in [0.25, 0.3) is 0 Å². The zero-order chi connectivity index (χ0) is 12.4. The number of nitrogens with zero attached hydrogens (tertiary/aromatic N) is 1. The molecule has 0 fully saturated rings. The maximum absolute atomic E-state index is 11.3. The van der Waals surface area contributed by atoms with E-state index >= 15 is 0 Å². The molecule has 1 atom stereocenters. The lowest BCUT2D eigenvalue weighted by atomic mass is 10.2. The Morgan fingerprint density at radius 1 is 1.35 bits per heavy atom. The summed E-state index contributed by atoms with van der Waals surface area (Å²) in [7, 11) is 0. The molecule has 0 aromatic heterocycles. The topological polar surface area (TPSA) is 117 Å². The summed E-state index contributed by atoms with van der Waals surface area (Å²) in [6.45, 7) is 2.96. The molecule has 0 bridgehead atoms. The molecule has 0 saturated heterocycles. The second kappa shape index (κ2) is 11.5. The molecular formula is C10H23ClN4O2. The number of carbonyl (C=O) groups is 1. The summed E-state index contributed by atoms with van der Waals surface area (Å²) < 4.78 is 4.97. The van der Waals surface area contributed by atoms with E-state index in [0.717, 1.165) is 12.8 Å². The molecular weight excluding hydrogens is 244 g/mol. The van der Waals surface area contributed by atoms with Crippen molar-refractivity contribution in [1.82, 2.24) is 0 Å². The SMILES string of the molecule is CCCCOC(=O)[C@@H](N)CCCN=C(N)N.Cl. The van der Waals surface area contributed by atoms with Crippen LogP contribution in [0.5, 0.6) is 0 Å². The van der Waals surface area contributed by atoms with Crippen LogP contribution in [0.2, 0.25) is 0 Å². The Bertz CT molecular complexity index is 232. The highest BCUT2D eigenvalue weighted by atomic mass is 35.5. The van der Waals surface area contributed by atoms with E-state index in [1.165, 1.54) is 0 Å². The molecule has 0 aliphatic rings. The van der Waals surface area contributed by atoms with Crippen LogP contribution in [0.3, 0.4) is 0 Å². The van der Waals surface area contributed by atoms with Crippen molar-refractivity contribution in [3.63, 3.8) is 0 Å². The molecule has 6 nitrogen and oxygen atoms in total. The van der Waals surface area contributed by atoms with Gasteiger partial charge in [0, 0.05) is 6.54 Å². The van der Waals surface area contributed by atoms with Crippen molar-refractivity contribution in [3.8, 4) is 0 Å². The van der Waals surface area contributed by atoms with Crippen molar-refractivity contribution in [2.75, 3.05) is 13.2 Å². The molecule has 0 radical (unpaired) electrons. The summed E-state index contributed by atoms with van der Waals surface area (Å²) in [5, 5.41) is 0. The number of hydrogen-bond acceptors (Lipinski definition) is 4. The molecule has 0 saturated carbocycles. The molecule has 0 amide bonds. The Labute approximate surface area is 108 Å². The molecule has 0 aliphatic carbocycles. The van der Waals surface area contributed by atoms with Gasteiger partial charge in [0.2, 0.25) is 0 Å². The minimum atomic E-state index is -0.578. The van der Waals surface area contributed by atoms with E-state index in [4.69, 9.17) is 21.9 Å². The lowest BCUT2D eigenvalue weighted by Gasteiger charge is -2.10. The van der Waals surface area contributed by atoms with Gasteiger partial charge in [0.15, 0.2) is 5.96 Å². The van der Waals surface area contributed by atoms with E-state index in [2.05, 4.69) is 4.99 Å². The number of aliphatic imine (C=N–C) groups is 1. The predicted octanol–water partition coefficient (Wildman–Crippen LogP) is 0.132.